The molecule has 2 aliphatic rings. The number of allylic oxidation sites excluding steroid dienone is 3. The smallest absolute Gasteiger partial charge is 0.0541 e. The van der Waals surface area contributed by atoms with E-state index in [-0.39, 0.29) is 5.41 Å². The van der Waals surface area contributed by atoms with E-state index in [4.69, 9.17) is 0 Å². The van der Waals surface area contributed by atoms with E-state index in [2.05, 4.69) is 243 Å². The Morgan fingerprint density at radius 1 is 0.500 bits per heavy atom. The minimum atomic E-state index is -0.202. The molecule has 8 aromatic carbocycles. The second kappa shape index (κ2) is 14.3. The van der Waals surface area contributed by atoms with Gasteiger partial charge in [0, 0.05) is 44.9 Å². The highest BCUT2D eigenvalue weighted by Crippen LogP contribution is 2.54. The maximum atomic E-state index is 2.46. The van der Waals surface area contributed by atoms with E-state index < -0.39 is 0 Å². The molecule has 0 radical (unpaired) electrons. The summed E-state index contributed by atoms with van der Waals surface area (Å²) in [5, 5.41) is 2.55. The molecule has 2 nitrogen and oxygen atoms in total. The van der Waals surface area contributed by atoms with Crippen LogP contribution in [0.2, 0.25) is 0 Å². The Kier molecular flexibility index (Phi) is 8.56. The van der Waals surface area contributed by atoms with Crippen molar-refractivity contribution in [3.8, 4) is 39.1 Å². The number of para-hydroxylation sites is 2. The third kappa shape index (κ3) is 5.86. The molecule has 0 aliphatic heterocycles. The van der Waals surface area contributed by atoms with Crippen LogP contribution in [-0.2, 0) is 5.41 Å². The molecular formula is C58H46N2. The Hall–Kier alpha value is -7.16. The van der Waals surface area contributed by atoms with Crippen molar-refractivity contribution < 1.29 is 0 Å². The molecule has 0 fully saturated rings. The van der Waals surface area contributed by atoms with Gasteiger partial charge in [0.1, 0.15) is 0 Å². The summed E-state index contributed by atoms with van der Waals surface area (Å²) in [6.07, 6.45) is 7.18. The van der Waals surface area contributed by atoms with Crippen molar-refractivity contribution >= 4 is 33.2 Å². The van der Waals surface area contributed by atoms with Gasteiger partial charge < -0.3 is 9.47 Å². The first-order chi connectivity index (χ1) is 29.4. The van der Waals surface area contributed by atoms with E-state index in [1.807, 2.05) is 0 Å². The van der Waals surface area contributed by atoms with Gasteiger partial charge >= 0.3 is 0 Å². The van der Waals surface area contributed by atoms with Gasteiger partial charge in [-0.1, -0.05) is 179 Å². The number of hydrogen-bond donors (Lipinski definition) is 0. The zero-order valence-electron chi connectivity index (χ0n) is 34.3. The zero-order chi connectivity index (χ0) is 40.4. The largest absolute Gasteiger partial charge is 0.311 e. The van der Waals surface area contributed by atoms with E-state index in [0.29, 0.717) is 11.8 Å². The molecule has 9 aromatic rings. The number of benzene rings is 8. The van der Waals surface area contributed by atoms with Crippen molar-refractivity contribution in [2.45, 2.75) is 32.1 Å². The van der Waals surface area contributed by atoms with Crippen LogP contribution in [0.4, 0.5) is 11.4 Å². The molecule has 288 valence electrons. The Labute approximate surface area is 353 Å². The molecule has 1 aromatic heterocycles. The summed E-state index contributed by atoms with van der Waals surface area (Å²) in [6.45, 7) is 7.13. The maximum Gasteiger partial charge on any atom is 0.0541 e. The fourth-order valence-corrected chi connectivity index (χ4v) is 10.1. The lowest BCUT2D eigenvalue weighted by Gasteiger charge is -2.32. The lowest BCUT2D eigenvalue weighted by Crippen LogP contribution is -2.21. The monoisotopic (exact) mass is 770 g/mol. The molecule has 2 aliphatic carbocycles. The predicted molar refractivity (Wildman–Crippen MR) is 253 cm³/mol. The summed E-state index contributed by atoms with van der Waals surface area (Å²) in [5.41, 5.74) is 18.5. The normalized spacial score (nSPS) is 16.4. The van der Waals surface area contributed by atoms with Crippen molar-refractivity contribution in [1.29, 1.82) is 0 Å². The second-order valence-electron chi connectivity index (χ2n) is 17.0. The molecule has 0 amide bonds. The van der Waals surface area contributed by atoms with Crippen molar-refractivity contribution in [3.63, 3.8) is 0 Å². The number of anilines is 2. The topological polar surface area (TPSA) is 8.17 Å². The van der Waals surface area contributed by atoms with Crippen molar-refractivity contribution in [2.24, 2.45) is 5.92 Å². The van der Waals surface area contributed by atoms with Crippen molar-refractivity contribution in [3.05, 3.63) is 235 Å². The number of hydrogen-bond acceptors (Lipinski definition) is 1. The lowest BCUT2D eigenvalue weighted by molar-refractivity contribution is 0.628. The molecule has 0 saturated heterocycles. The molecule has 0 saturated carbocycles. The van der Waals surface area contributed by atoms with E-state index in [1.165, 1.54) is 88.9 Å². The van der Waals surface area contributed by atoms with E-state index in [9.17, 15) is 0 Å². The highest BCUT2D eigenvalue weighted by Gasteiger charge is 2.38. The summed E-state index contributed by atoms with van der Waals surface area (Å²) in [5.74, 6) is 0.659. The molecule has 0 N–H and O–H groups in total. The molecule has 11 rings (SSSR count). The van der Waals surface area contributed by atoms with Gasteiger partial charge in [0.25, 0.3) is 0 Å². The molecule has 0 spiro atoms. The van der Waals surface area contributed by atoms with Gasteiger partial charge in [-0.25, -0.2) is 0 Å². The molecule has 2 unspecified atom stereocenters. The number of nitrogens with zero attached hydrogens (tertiary/aromatic N) is 2. The summed E-state index contributed by atoms with van der Waals surface area (Å²) >= 11 is 0. The van der Waals surface area contributed by atoms with Crippen LogP contribution in [0.25, 0.3) is 60.9 Å². The van der Waals surface area contributed by atoms with Crippen LogP contribution in [-0.4, -0.2) is 4.57 Å². The fraction of sp³-hybridized carbons (Fsp3) is 0.103. The lowest BCUT2D eigenvalue weighted by atomic mass is 9.81. The molecule has 1 heterocycles. The van der Waals surface area contributed by atoms with Crippen LogP contribution in [0.5, 0.6) is 0 Å². The first kappa shape index (κ1) is 36.0. The van der Waals surface area contributed by atoms with Gasteiger partial charge in [0.05, 0.1) is 11.0 Å². The minimum absolute atomic E-state index is 0.202. The quantitative estimate of drug-likeness (QED) is 0.157. The Morgan fingerprint density at radius 2 is 1.12 bits per heavy atom. The first-order valence-electron chi connectivity index (χ1n) is 21.2. The number of rotatable bonds is 7. The van der Waals surface area contributed by atoms with Crippen molar-refractivity contribution in [2.75, 3.05) is 4.90 Å². The van der Waals surface area contributed by atoms with Crippen molar-refractivity contribution in [1.82, 2.24) is 4.57 Å². The molecule has 0 bridgehead atoms. The molecule has 60 heavy (non-hydrogen) atoms. The van der Waals surface area contributed by atoms with Crippen LogP contribution in [0.15, 0.2) is 218 Å². The predicted octanol–water partition coefficient (Wildman–Crippen LogP) is 15.4. The Balaban J connectivity index is 1.02. The zero-order valence-corrected chi connectivity index (χ0v) is 34.3. The Morgan fingerprint density at radius 3 is 1.83 bits per heavy atom. The minimum Gasteiger partial charge on any atom is -0.311 e. The van der Waals surface area contributed by atoms with E-state index >= 15 is 0 Å². The average Bonchev–Trinajstić information content (AvgIpc) is 3.75. The number of fused-ring (bicyclic) bond motifs is 6. The van der Waals surface area contributed by atoms with Gasteiger partial charge in [-0.05, 0) is 111 Å². The SMILES string of the molecule is CC1C=C(N(c2ccc(-c3ccccc3)cc2)c2ccc3c(c2)C(C)(C)c2cccc(-c4cccc(-n5c6ccccc6c6ccccc65)c4)c2-3)C=CC1c1ccccc1. The third-order valence-electron chi connectivity index (χ3n) is 13.1. The highest BCUT2D eigenvalue weighted by atomic mass is 15.1. The maximum absolute atomic E-state index is 2.46. The van der Waals surface area contributed by atoms with Crippen LogP contribution in [0.1, 0.15) is 43.4 Å². The average molecular weight is 771 g/mol. The van der Waals surface area contributed by atoms with Gasteiger partial charge in [0.2, 0.25) is 0 Å². The first-order valence-corrected chi connectivity index (χ1v) is 21.2. The van der Waals surface area contributed by atoms with Crippen LogP contribution >= 0.6 is 0 Å². The summed E-state index contributed by atoms with van der Waals surface area (Å²) in [7, 11) is 0. The van der Waals surface area contributed by atoms with Gasteiger partial charge in [-0.2, -0.15) is 0 Å². The summed E-state index contributed by atoms with van der Waals surface area (Å²) in [4.78, 5) is 2.46. The molecule has 2 atom stereocenters. The van der Waals surface area contributed by atoms with Crippen LogP contribution in [0.3, 0.4) is 0 Å². The summed E-state index contributed by atoms with van der Waals surface area (Å²) < 4.78 is 2.42. The third-order valence-corrected chi connectivity index (χ3v) is 13.1. The van der Waals surface area contributed by atoms with Gasteiger partial charge in [-0.3, -0.25) is 0 Å². The second-order valence-corrected chi connectivity index (χ2v) is 17.0. The van der Waals surface area contributed by atoms with Gasteiger partial charge in [0.15, 0.2) is 0 Å². The highest BCUT2D eigenvalue weighted by molar-refractivity contribution is 6.09. The Bertz CT molecular complexity index is 3070. The van der Waals surface area contributed by atoms with Crippen LogP contribution < -0.4 is 4.90 Å². The number of aromatic nitrogens is 1. The van der Waals surface area contributed by atoms with E-state index in [0.717, 1.165) is 5.69 Å². The van der Waals surface area contributed by atoms with E-state index in [1.54, 1.807) is 0 Å². The summed E-state index contributed by atoms with van der Waals surface area (Å²) in [6, 6.07) is 71.3. The van der Waals surface area contributed by atoms with Crippen LogP contribution in [0, 0.1) is 5.92 Å². The van der Waals surface area contributed by atoms with Gasteiger partial charge in [-0.15, -0.1) is 0 Å². The standard InChI is InChI=1S/C58H46N2/c1-39-36-46(32-34-48(39)42-18-8-5-9-19-42)59(44-30-28-41(29-31-44)40-16-6-4-7-17-40)47-33-35-52-54(38-47)58(2,3)53-25-15-24-49(57(52)53)43-20-14-21-45(37-43)60-55-26-12-10-22-50(55)51-23-11-13-27-56(51)60/h4-39,48H,1-3H3. The molecular weight excluding hydrogens is 725 g/mol. The fourth-order valence-electron chi connectivity index (χ4n) is 10.1. The molecule has 2 heteroatoms.